The van der Waals surface area contributed by atoms with Crippen molar-refractivity contribution in [1.29, 1.82) is 0 Å². The van der Waals surface area contributed by atoms with E-state index in [1.807, 2.05) is 12.1 Å². The first-order valence-electron chi connectivity index (χ1n) is 5.60. The van der Waals surface area contributed by atoms with Crippen LogP contribution in [-0.2, 0) is 6.42 Å². The Bertz CT molecular complexity index is 305. The van der Waals surface area contributed by atoms with Gasteiger partial charge in [-0.3, -0.25) is 0 Å². The number of hydrogen-bond acceptors (Lipinski definition) is 2. The second-order valence-electron chi connectivity index (χ2n) is 4.31. The third-order valence-electron chi connectivity index (χ3n) is 3.28. The molecule has 0 unspecified atom stereocenters. The van der Waals surface area contributed by atoms with Crippen LogP contribution in [0.5, 0.6) is 5.75 Å². The van der Waals surface area contributed by atoms with Crippen molar-refractivity contribution in [2.45, 2.75) is 31.8 Å². The molecule has 15 heavy (non-hydrogen) atoms. The Kier molecular flexibility index (Phi) is 3.27. The maximum absolute atomic E-state index is 9.73. The predicted molar refractivity (Wildman–Crippen MR) is 60.0 cm³/mol. The van der Waals surface area contributed by atoms with E-state index in [9.17, 15) is 5.11 Å². The maximum atomic E-state index is 9.73. The first kappa shape index (κ1) is 10.5. The van der Waals surface area contributed by atoms with Crippen molar-refractivity contribution in [3.8, 4) is 5.75 Å². The van der Waals surface area contributed by atoms with Gasteiger partial charge in [0.05, 0.1) is 13.2 Å². The van der Waals surface area contributed by atoms with E-state index in [0.29, 0.717) is 5.92 Å². The van der Waals surface area contributed by atoms with E-state index in [4.69, 9.17) is 4.74 Å². The molecule has 0 heterocycles. The van der Waals surface area contributed by atoms with E-state index in [1.54, 1.807) is 7.11 Å². The molecule has 1 aliphatic carbocycles. The van der Waals surface area contributed by atoms with Crippen LogP contribution < -0.4 is 4.74 Å². The molecule has 1 aromatic carbocycles. The molecule has 0 aliphatic heterocycles. The van der Waals surface area contributed by atoms with Crippen molar-refractivity contribution < 1.29 is 9.84 Å². The van der Waals surface area contributed by atoms with Crippen LogP contribution in [0.15, 0.2) is 24.3 Å². The molecular weight excluding hydrogens is 188 g/mol. The van der Waals surface area contributed by atoms with Gasteiger partial charge >= 0.3 is 0 Å². The minimum absolute atomic E-state index is 0.0906. The van der Waals surface area contributed by atoms with Gasteiger partial charge in [0.25, 0.3) is 0 Å². The molecule has 2 heteroatoms. The molecule has 1 fully saturated rings. The average Bonchev–Trinajstić information content (AvgIpc) is 2.66. The smallest absolute Gasteiger partial charge is 0.118 e. The van der Waals surface area contributed by atoms with Crippen molar-refractivity contribution >= 4 is 0 Å². The van der Waals surface area contributed by atoms with E-state index in [1.165, 1.54) is 12.0 Å². The van der Waals surface area contributed by atoms with Gasteiger partial charge in [0.1, 0.15) is 5.75 Å². The quantitative estimate of drug-likeness (QED) is 0.823. The zero-order valence-corrected chi connectivity index (χ0v) is 9.15. The van der Waals surface area contributed by atoms with Crippen LogP contribution in [-0.4, -0.2) is 18.3 Å². The topological polar surface area (TPSA) is 29.5 Å². The highest BCUT2D eigenvalue weighted by Crippen LogP contribution is 2.29. The zero-order chi connectivity index (χ0) is 10.7. The number of aliphatic hydroxyl groups is 1. The molecule has 0 radical (unpaired) electrons. The van der Waals surface area contributed by atoms with Crippen LogP contribution >= 0.6 is 0 Å². The van der Waals surface area contributed by atoms with Gasteiger partial charge in [-0.15, -0.1) is 0 Å². The fraction of sp³-hybridized carbons (Fsp3) is 0.538. The van der Waals surface area contributed by atoms with Crippen LogP contribution in [0.25, 0.3) is 0 Å². The second kappa shape index (κ2) is 4.67. The van der Waals surface area contributed by atoms with Gasteiger partial charge in [-0.1, -0.05) is 18.6 Å². The lowest BCUT2D eigenvalue weighted by atomic mass is 9.96. The summed E-state index contributed by atoms with van der Waals surface area (Å²) in [5.41, 5.74) is 1.29. The number of ether oxygens (including phenoxy) is 1. The zero-order valence-electron chi connectivity index (χ0n) is 9.15. The lowest BCUT2D eigenvalue weighted by Gasteiger charge is -2.14. The molecular formula is C13H18O2. The minimum Gasteiger partial charge on any atom is -0.497 e. The third kappa shape index (κ3) is 2.51. The monoisotopic (exact) mass is 206 g/mol. The van der Waals surface area contributed by atoms with Gasteiger partial charge in [0, 0.05) is 0 Å². The minimum atomic E-state index is -0.0906. The molecule has 2 rings (SSSR count). The molecule has 2 atom stereocenters. The average molecular weight is 206 g/mol. The molecule has 2 nitrogen and oxygen atoms in total. The lowest BCUT2D eigenvalue weighted by molar-refractivity contribution is 0.132. The maximum Gasteiger partial charge on any atom is 0.118 e. The van der Waals surface area contributed by atoms with E-state index in [-0.39, 0.29) is 6.10 Å². The van der Waals surface area contributed by atoms with E-state index in [0.717, 1.165) is 25.0 Å². The molecule has 1 saturated carbocycles. The van der Waals surface area contributed by atoms with Crippen molar-refractivity contribution in [3.63, 3.8) is 0 Å². The number of hydrogen-bond donors (Lipinski definition) is 1. The number of aliphatic hydroxyl groups excluding tert-OH is 1. The molecule has 82 valence electrons. The highest BCUT2D eigenvalue weighted by Gasteiger charge is 2.24. The second-order valence-corrected chi connectivity index (χ2v) is 4.31. The van der Waals surface area contributed by atoms with Gasteiger partial charge in [-0.25, -0.2) is 0 Å². The number of benzene rings is 1. The van der Waals surface area contributed by atoms with Crippen LogP contribution in [0, 0.1) is 5.92 Å². The summed E-state index contributed by atoms with van der Waals surface area (Å²) in [5, 5.41) is 9.73. The summed E-state index contributed by atoms with van der Waals surface area (Å²) >= 11 is 0. The predicted octanol–water partition coefficient (Wildman–Crippen LogP) is 2.40. The Balaban J connectivity index is 1.98. The van der Waals surface area contributed by atoms with Crippen LogP contribution in [0.2, 0.25) is 0 Å². The molecule has 0 amide bonds. The molecule has 1 aliphatic rings. The number of rotatable bonds is 3. The normalized spacial score (nSPS) is 25.5. The molecule has 1 N–H and O–H groups in total. The first-order chi connectivity index (χ1) is 7.29. The summed E-state index contributed by atoms with van der Waals surface area (Å²) in [7, 11) is 1.68. The SMILES string of the molecule is COc1ccc(C[C@@H]2CCC[C@H]2O)cc1. The summed E-state index contributed by atoms with van der Waals surface area (Å²) in [6, 6.07) is 8.14. The Morgan fingerprint density at radius 2 is 2.00 bits per heavy atom. The van der Waals surface area contributed by atoms with Crippen LogP contribution in [0.3, 0.4) is 0 Å². The summed E-state index contributed by atoms with van der Waals surface area (Å²) in [6.45, 7) is 0. The lowest BCUT2D eigenvalue weighted by Crippen LogP contribution is -2.15. The molecule has 0 bridgehead atoms. The highest BCUT2D eigenvalue weighted by atomic mass is 16.5. The van der Waals surface area contributed by atoms with Crippen molar-refractivity contribution in [1.82, 2.24) is 0 Å². The summed E-state index contributed by atoms with van der Waals surface area (Å²) in [6.07, 6.45) is 4.20. The Labute approximate surface area is 90.9 Å². The fourth-order valence-corrected chi connectivity index (χ4v) is 2.32. The van der Waals surface area contributed by atoms with Gasteiger partial charge < -0.3 is 9.84 Å². The summed E-state index contributed by atoms with van der Waals surface area (Å²) < 4.78 is 5.11. The Hall–Kier alpha value is -1.02. The van der Waals surface area contributed by atoms with Crippen molar-refractivity contribution in [3.05, 3.63) is 29.8 Å². The van der Waals surface area contributed by atoms with E-state index < -0.39 is 0 Å². The van der Waals surface area contributed by atoms with Crippen molar-refractivity contribution in [2.75, 3.05) is 7.11 Å². The van der Waals surface area contributed by atoms with Gasteiger partial charge in [-0.05, 0) is 42.9 Å². The molecule has 0 saturated heterocycles. The summed E-state index contributed by atoms with van der Waals surface area (Å²) in [4.78, 5) is 0. The van der Waals surface area contributed by atoms with Crippen LogP contribution in [0.4, 0.5) is 0 Å². The van der Waals surface area contributed by atoms with E-state index in [2.05, 4.69) is 12.1 Å². The first-order valence-corrected chi connectivity index (χ1v) is 5.60. The Morgan fingerprint density at radius 3 is 2.53 bits per heavy atom. The summed E-state index contributed by atoms with van der Waals surface area (Å²) in [5.74, 6) is 1.35. The van der Waals surface area contributed by atoms with Gasteiger partial charge in [0.2, 0.25) is 0 Å². The molecule has 0 aromatic heterocycles. The Morgan fingerprint density at radius 1 is 1.27 bits per heavy atom. The number of methoxy groups -OCH3 is 1. The van der Waals surface area contributed by atoms with Gasteiger partial charge in [-0.2, -0.15) is 0 Å². The molecule has 1 aromatic rings. The highest BCUT2D eigenvalue weighted by molar-refractivity contribution is 5.27. The third-order valence-corrected chi connectivity index (χ3v) is 3.28. The molecule has 0 spiro atoms. The van der Waals surface area contributed by atoms with E-state index >= 15 is 0 Å². The van der Waals surface area contributed by atoms with Crippen molar-refractivity contribution in [2.24, 2.45) is 5.92 Å². The van der Waals surface area contributed by atoms with Crippen LogP contribution in [0.1, 0.15) is 24.8 Å². The largest absolute Gasteiger partial charge is 0.497 e. The van der Waals surface area contributed by atoms with Gasteiger partial charge in [0.15, 0.2) is 0 Å². The standard InChI is InChI=1S/C13H18O2/c1-15-12-7-5-10(6-8-12)9-11-3-2-4-13(11)14/h5-8,11,13-14H,2-4,9H2,1H3/t11-,13+/m0/s1. The fourth-order valence-electron chi connectivity index (χ4n) is 2.32.